The van der Waals surface area contributed by atoms with E-state index in [-0.39, 0.29) is 17.4 Å². The van der Waals surface area contributed by atoms with Crippen LogP contribution in [-0.2, 0) is 17.5 Å². The molecule has 0 aliphatic carbocycles. The molecular weight excluding hydrogens is 461 g/mol. The topological polar surface area (TPSA) is 80.0 Å². The molecule has 0 unspecified atom stereocenters. The number of piperidine rings is 1. The fourth-order valence-corrected chi connectivity index (χ4v) is 4.70. The van der Waals surface area contributed by atoms with Gasteiger partial charge in [-0.2, -0.15) is 18.3 Å². The van der Waals surface area contributed by atoms with E-state index in [0.717, 1.165) is 16.9 Å². The molecule has 2 aliphatic heterocycles. The highest BCUT2D eigenvalue weighted by atomic mass is 19.4. The summed E-state index contributed by atoms with van der Waals surface area (Å²) in [5, 5.41) is 3.89. The van der Waals surface area contributed by atoms with Crippen LogP contribution in [0.25, 0.3) is 11.2 Å². The molecule has 0 radical (unpaired) electrons. The Morgan fingerprint density at radius 3 is 2.50 bits per heavy atom. The molecule has 13 heteroatoms. The summed E-state index contributed by atoms with van der Waals surface area (Å²) in [6.45, 7) is 0.620. The van der Waals surface area contributed by atoms with Crippen molar-refractivity contribution in [2.45, 2.75) is 38.4 Å². The van der Waals surface area contributed by atoms with E-state index in [0.29, 0.717) is 50.1 Å². The Morgan fingerprint density at radius 1 is 1.06 bits per heavy atom. The first kappa shape index (κ1) is 22.4. The van der Waals surface area contributed by atoms with Crippen LogP contribution in [0, 0.1) is 5.41 Å². The Morgan fingerprint density at radius 2 is 1.79 bits per heavy atom. The summed E-state index contributed by atoms with van der Waals surface area (Å²) in [6.07, 6.45) is -1.70. The summed E-state index contributed by atoms with van der Waals surface area (Å²) < 4.78 is 65.7. The van der Waals surface area contributed by atoms with Crippen LogP contribution in [0.15, 0.2) is 30.7 Å². The maximum Gasteiger partial charge on any atom is 0.433 e. The summed E-state index contributed by atoms with van der Waals surface area (Å²) >= 11 is 0. The van der Waals surface area contributed by atoms with Crippen molar-refractivity contribution in [3.8, 4) is 0 Å². The van der Waals surface area contributed by atoms with E-state index in [1.54, 1.807) is 0 Å². The fraction of sp³-hybridized carbons (Fsp3) is 0.476. The van der Waals surface area contributed by atoms with Crippen LogP contribution in [0.1, 0.15) is 25.0 Å². The van der Waals surface area contributed by atoms with E-state index in [1.165, 1.54) is 23.4 Å². The van der Waals surface area contributed by atoms with Crippen molar-refractivity contribution < 1.29 is 26.7 Å². The van der Waals surface area contributed by atoms with Gasteiger partial charge in [0.1, 0.15) is 17.8 Å². The van der Waals surface area contributed by atoms with Gasteiger partial charge in [0, 0.05) is 31.5 Å². The lowest BCUT2D eigenvalue weighted by Crippen LogP contribution is -2.45. The van der Waals surface area contributed by atoms with Crippen molar-refractivity contribution in [2.24, 2.45) is 5.41 Å². The van der Waals surface area contributed by atoms with Crippen molar-refractivity contribution in [3.63, 3.8) is 0 Å². The quantitative estimate of drug-likeness (QED) is 0.531. The van der Waals surface area contributed by atoms with Crippen LogP contribution in [-0.4, -0.2) is 56.7 Å². The molecule has 0 aromatic carbocycles. The lowest BCUT2D eigenvalue weighted by Gasteiger charge is -2.39. The number of hydrogen-bond donors (Lipinski definition) is 0. The number of pyridine rings is 1. The zero-order valence-corrected chi connectivity index (χ0v) is 17.8. The number of hydrogen-bond acceptors (Lipinski definition) is 6. The van der Waals surface area contributed by atoms with Crippen molar-refractivity contribution in [1.29, 1.82) is 0 Å². The largest absolute Gasteiger partial charge is 0.433 e. The van der Waals surface area contributed by atoms with Crippen molar-refractivity contribution >= 4 is 28.6 Å². The molecular formula is C21H20F5N7O. The third kappa shape index (κ3) is 3.92. The molecule has 2 fully saturated rings. The van der Waals surface area contributed by atoms with Crippen LogP contribution < -0.4 is 9.80 Å². The van der Waals surface area contributed by atoms with Gasteiger partial charge in [0.05, 0.1) is 17.8 Å². The highest BCUT2D eigenvalue weighted by Crippen LogP contribution is 2.44. The molecule has 5 rings (SSSR count). The maximum absolute atomic E-state index is 13.4. The molecule has 5 heterocycles. The van der Waals surface area contributed by atoms with Gasteiger partial charge >= 0.3 is 6.18 Å². The number of nitrogens with zero attached hydrogens (tertiary/aromatic N) is 7. The molecule has 8 nitrogen and oxygen atoms in total. The zero-order chi connectivity index (χ0) is 24.1. The smallest absolute Gasteiger partial charge is 0.371 e. The van der Waals surface area contributed by atoms with E-state index < -0.39 is 30.3 Å². The standard InChI is InChI=1S/C21H20F5N7O/c22-16(23)12-33-18-14(10-29-33)28-11-17(30-18)32-8-4-20(19(32)34)2-6-31(7-3-20)13-1-5-27-15(9-13)21(24,25)26/h1,5,9-11,16H,2-4,6-8,12H2. The van der Waals surface area contributed by atoms with Crippen LogP contribution in [0.4, 0.5) is 33.5 Å². The molecule has 180 valence electrons. The minimum atomic E-state index is -4.53. The number of carbonyl (C=O) groups excluding carboxylic acids is 1. The summed E-state index contributed by atoms with van der Waals surface area (Å²) in [4.78, 5) is 28.7. The molecule has 3 aromatic heterocycles. The van der Waals surface area contributed by atoms with Gasteiger partial charge in [-0.3, -0.25) is 14.7 Å². The third-order valence-corrected chi connectivity index (χ3v) is 6.55. The number of fused-ring (bicyclic) bond motifs is 1. The molecule has 1 spiro atoms. The molecule has 34 heavy (non-hydrogen) atoms. The Kier molecular flexibility index (Phi) is 5.36. The Balaban J connectivity index is 1.32. The average Bonchev–Trinajstić information content (AvgIpc) is 3.34. The molecule has 2 aliphatic rings. The Bertz CT molecular complexity index is 1220. The summed E-state index contributed by atoms with van der Waals surface area (Å²) in [5.74, 6) is 0.142. The highest BCUT2D eigenvalue weighted by molar-refractivity contribution is 5.99. The molecule has 1 amide bonds. The number of aromatic nitrogens is 5. The first-order valence-corrected chi connectivity index (χ1v) is 10.7. The van der Waals surface area contributed by atoms with E-state index >= 15 is 0 Å². The minimum Gasteiger partial charge on any atom is -0.371 e. The number of carbonyl (C=O) groups is 1. The van der Waals surface area contributed by atoms with Gasteiger partial charge in [-0.05, 0) is 31.4 Å². The second-order valence-corrected chi connectivity index (χ2v) is 8.53. The third-order valence-electron chi connectivity index (χ3n) is 6.55. The second-order valence-electron chi connectivity index (χ2n) is 8.53. The van der Waals surface area contributed by atoms with Crippen LogP contribution in [0.3, 0.4) is 0 Å². The monoisotopic (exact) mass is 481 g/mol. The average molecular weight is 481 g/mol. The second kappa shape index (κ2) is 8.13. The number of halogens is 5. The lowest BCUT2D eigenvalue weighted by molar-refractivity contribution is -0.141. The van der Waals surface area contributed by atoms with Crippen molar-refractivity contribution in [3.05, 3.63) is 36.4 Å². The van der Waals surface area contributed by atoms with Gasteiger partial charge in [-0.1, -0.05) is 0 Å². The molecule has 0 atom stereocenters. The normalized spacial score (nSPS) is 18.6. The molecule has 0 N–H and O–H groups in total. The van der Waals surface area contributed by atoms with Crippen LogP contribution >= 0.6 is 0 Å². The van der Waals surface area contributed by atoms with Gasteiger partial charge in [-0.15, -0.1) is 0 Å². The molecule has 3 aromatic rings. The van der Waals surface area contributed by atoms with E-state index in [2.05, 4.69) is 20.1 Å². The summed E-state index contributed by atoms with van der Waals surface area (Å²) in [7, 11) is 0. The van der Waals surface area contributed by atoms with Crippen molar-refractivity contribution in [2.75, 3.05) is 29.4 Å². The first-order chi connectivity index (χ1) is 16.2. The van der Waals surface area contributed by atoms with E-state index in [1.807, 2.05) is 4.90 Å². The van der Waals surface area contributed by atoms with Gasteiger partial charge < -0.3 is 4.90 Å². The van der Waals surface area contributed by atoms with Gasteiger partial charge in [0.2, 0.25) is 5.91 Å². The van der Waals surface area contributed by atoms with Crippen molar-refractivity contribution in [1.82, 2.24) is 24.7 Å². The Labute approximate surface area is 190 Å². The fourth-order valence-electron chi connectivity index (χ4n) is 4.70. The minimum absolute atomic E-state index is 0.133. The number of anilines is 2. The van der Waals surface area contributed by atoms with Gasteiger partial charge in [0.25, 0.3) is 6.43 Å². The highest BCUT2D eigenvalue weighted by Gasteiger charge is 2.49. The van der Waals surface area contributed by atoms with Crippen LogP contribution in [0.2, 0.25) is 0 Å². The zero-order valence-electron chi connectivity index (χ0n) is 17.8. The number of amides is 1. The lowest BCUT2D eigenvalue weighted by atomic mass is 9.77. The van der Waals surface area contributed by atoms with Gasteiger partial charge in [0.15, 0.2) is 11.5 Å². The predicted octanol–water partition coefficient (Wildman–Crippen LogP) is 3.53. The van der Waals surface area contributed by atoms with E-state index in [4.69, 9.17) is 0 Å². The van der Waals surface area contributed by atoms with Gasteiger partial charge in [-0.25, -0.2) is 23.4 Å². The molecule has 0 bridgehead atoms. The summed E-state index contributed by atoms with van der Waals surface area (Å²) in [5.41, 5.74) is -0.637. The molecule has 2 saturated heterocycles. The first-order valence-electron chi connectivity index (χ1n) is 10.7. The SMILES string of the molecule is O=C1N(c2cnc3cnn(CC(F)F)c3n2)CCC12CCN(c1ccnc(C(F)(F)F)c1)CC2. The maximum atomic E-state index is 13.4. The molecule has 0 saturated carbocycles. The van der Waals surface area contributed by atoms with E-state index in [9.17, 15) is 26.7 Å². The van der Waals surface area contributed by atoms with Crippen LogP contribution in [0.5, 0.6) is 0 Å². The number of alkyl halides is 5. The summed E-state index contributed by atoms with van der Waals surface area (Å²) in [6, 6.07) is 2.55. The predicted molar refractivity (Wildman–Crippen MR) is 111 cm³/mol. The number of rotatable bonds is 4. The Hall–Kier alpha value is -3.38.